The number of amides is 2. The maximum absolute atomic E-state index is 12.3. The standard InChI is InChI=1S/C20H21ClN2O2/c21-18-8-6-15(7-9-18)10-11-23-14-17(12-19(23)24)20(25)22-13-16-4-2-1-3-5-16/h1-9,17H,10-14H2,(H,22,25). The molecule has 1 fully saturated rings. The minimum absolute atomic E-state index is 0.0498. The molecule has 3 rings (SSSR count). The summed E-state index contributed by atoms with van der Waals surface area (Å²) in [5.41, 5.74) is 2.19. The molecule has 1 aliphatic heterocycles. The number of rotatable bonds is 6. The van der Waals surface area contributed by atoms with Gasteiger partial charge in [0.25, 0.3) is 0 Å². The lowest BCUT2D eigenvalue weighted by Crippen LogP contribution is -2.33. The van der Waals surface area contributed by atoms with Gasteiger partial charge in [-0.15, -0.1) is 0 Å². The van der Waals surface area contributed by atoms with Gasteiger partial charge in [-0.1, -0.05) is 54.1 Å². The van der Waals surface area contributed by atoms with Crippen LogP contribution >= 0.6 is 11.6 Å². The molecule has 1 unspecified atom stereocenters. The average Bonchev–Trinajstić information content (AvgIpc) is 3.01. The fourth-order valence-corrected chi connectivity index (χ4v) is 3.13. The van der Waals surface area contributed by atoms with Crippen LogP contribution in [0.3, 0.4) is 0 Å². The molecule has 1 atom stereocenters. The Kier molecular flexibility index (Phi) is 5.71. The summed E-state index contributed by atoms with van der Waals surface area (Å²) in [6, 6.07) is 17.4. The van der Waals surface area contributed by atoms with E-state index in [2.05, 4.69) is 5.32 Å². The van der Waals surface area contributed by atoms with Gasteiger partial charge in [0.15, 0.2) is 0 Å². The third-order valence-corrected chi connectivity index (χ3v) is 4.73. The molecule has 5 heteroatoms. The third-order valence-electron chi connectivity index (χ3n) is 4.48. The highest BCUT2D eigenvalue weighted by Crippen LogP contribution is 2.19. The Bertz CT molecular complexity index is 731. The van der Waals surface area contributed by atoms with E-state index in [9.17, 15) is 9.59 Å². The first kappa shape index (κ1) is 17.5. The molecule has 25 heavy (non-hydrogen) atoms. The summed E-state index contributed by atoms with van der Waals surface area (Å²) < 4.78 is 0. The lowest BCUT2D eigenvalue weighted by molar-refractivity contribution is -0.129. The summed E-state index contributed by atoms with van der Waals surface area (Å²) in [6.45, 7) is 1.62. The van der Waals surface area contributed by atoms with Crippen LogP contribution in [-0.4, -0.2) is 29.8 Å². The highest BCUT2D eigenvalue weighted by atomic mass is 35.5. The van der Waals surface area contributed by atoms with Crippen LogP contribution in [0.4, 0.5) is 0 Å². The Labute approximate surface area is 152 Å². The minimum atomic E-state index is -0.263. The maximum atomic E-state index is 12.3. The minimum Gasteiger partial charge on any atom is -0.352 e. The fraction of sp³-hybridized carbons (Fsp3) is 0.300. The second-order valence-electron chi connectivity index (χ2n) is 6.32. The molecule has 0 bridgehead atoms. The average molecular weight is 357 g/mol. The van der Waals surface area contributed by atoms with Crippen LogP contribution in [0.15, 0.2) is 54.6 Å². The summed E-state index contributed by atoms with van der Waals surface area (Å²) in [7, 11) is 0. The summed E-state index contributed by atoms with van der Waals surface area (Å²) in [4.78, 5) is 26.3. The Hall–Kier alpha value is -2.33. The normalized spacial score (nSPS) is 16.9. The number of nitrogens with one attached hydrogen (secondary N) is 1. The SMILES string of the molecule is O=C(NCc1ccccc1)C1CC(=O)N(CCc2ccc(Cl)cc2)C1. The molecule has 4 nitrogen and oxygen atoms in total. The van der Waals surface area contributed by atoms with Crippen molar-refractivity contribution in [3.63, 3.8) is 0 Å². The molecule has 0 saturated carbocycles. The van der Waals surface area contributed by atoms with Gasteiger partial charge in [-0.2, -0.15) is 0 Å². The third kappa shape index (κ3) is 4.83. The predicted octanol–water partition coefficient (Wildman–Crippen LogP) is 3.05. The Morgan fingerprint density at radius 1 is 1.08 bits per heavy atom. The fourth-order valence-electron chi connectivity index (χ4n) is 3.01. The van der Waals surface area contributed by atoms with E-state index in [1.165, 1.54) is 0 Å². The molecule has 0 spiro atoms. The van der Waals surface area contributed by atoms with Crippen LogP contribution in [-0.2, 0) is 22.6 Å². The van der Waals surface area contributed by atoms with Crippen molar-refractivity contribution in [1.82, 2.24) is 10.2 Å². The van der Waals surface area contributed by atoms with E-state index in [0.717, 1.165) is 17.5 Å². The Morgan fingerprint density at radius 2 is 1.80 bits per heavy atom. The van der Waals surface area contributed by atoms with E-state index >= 15 is 0 Å². The van der Waals surface area contributed by atoms with Crippen molar-refractivity contribution in [3.05, 3.63) is 70.7 Å². The molecule has 0 aliphatic carbocycles. The van der Waals surface area contributed by atoms with Gasteiger partial charge in [0.2, 0.25) is 11.8 Å². The van der Waals surface area contributed by atoms with Gasteiger partial charge < -0.3 is 10.2 Å². The number of benzene rings is 2. The molecule has 0 radical (unpaired) electrons. The predicted molar refractivity (Wildman–Crippen MR) is 98.1 cm³/mol. The van der Waals surface area contributed by atoms with Crippen LogP contribution in [0, 0.1) is 5.92 Å². The first-order valence-corrected chi connectivity index (χ1v) is 8.83. The summed E-state index contributed by atoms with van der Waals surface area (Å²) >= 11 is 5.88. The van der Waals surface area contributed by atoms with Crippen molar-refractivity contribution >= 4 is 23.4 Å². The zero-order valence-electron chi connectivity index (χ0n) is 14.0. The van der Waals surface area contributed by atoms with Crippen molar-refractivity contribution in [2.24, 2.45) is 5.92 Å². The van der Waals surface area contributed by atoms with Crippen molar-refractivity contribution in [3.8, 4) is 0 Å². The second kappa shape index (κ2) is 8.17. The highest BCUT2D eigenvalue weighted by molar-refractivity contribution is 6.30. The van der Waals surface area contributed by atoms with Gasteiger partial charge in [0.1, 0.15) is 0 Å². The first-order valence-electron chi connectivity index (χ1n) is 8.45. The van der Waals surface area contributed by atoms with Crippen LogP contribution in [0.5, 0.6) is 0 Å². The van der Waals surface area contributed by atoms with E-state index in [4.69, 9.17) is 11.6 Å². The number of hydrogen-bond acceptors (Lipinski definition) is 2. The van der Waals surface area contributed by atoms with Gasteiger partial charge in [-0.25, -0.2) is 0 Å². The molecule has 1 N–H and O–H groups in total. The maximum Gasteiger partial charge on any atom is 0.225 e. The van der Waals surface area contributed by atoms with Crippen LogP contribution < -0.4 is 5.32 Å². The summed E-state index contributed by atoms with van der Waals surface area (Å²) in [6.07, 6.45) is 1.06. The molecule has 1 aliphatic rings. The van der Waals surface area contributed by atoms with Crippen molar-refractivity contribution < 1.29 is 9.59 Å². The zero-order chi connectivity index (χ0) is 17.6. The zero-order valence-corrected chi connectivity index (χ0v) is 14.7. The topological polar surface area (TPSA) is 49.4 Å². The quantitative estimate of drug-likeness (QED) is 0.864. The van der Waals surface area contributed by atoms with Gasteiger partial charge in [0.05, 0.1) is 5.92 Å². The van der Waals surface area contributed by atoms with Gasteiger partial charge in [-0.3, -0.25) is 9.59 Å². The van der Waals surface area contributed by atoms with Crippen LogP contribution in [0.1, 0.15) is 17.5 Å². The molecule has 2 amide bonds. The number of carbonyl (C=O) groups is 2. The highest BCUT2D eigenvalue weighted by Gasteiger charge is 2.33. The molecular weight excluding hydrogens is 336 g/mol. The molecule has 0 aromatic heterocycles. The van der Waals surface area contributed by atoms with Crippen molar-refractivity contribution in [1.29, 1.82) is 0 Å². The molecule has 2 aromatic carbocycles. The molecule has 130 valence electrons. The number of nitrogens with zero attached hydrogens (tertiary/aromatic N) is 1. The molecular formula is C20H21ClN2O2. The number of likely N-dealkylation sites (tertiary alicyclic amines) is 1. The number of carbonyl (C=O) groups excluding carboxylic acids is 2. The molecule has 1 heterocycles. The lowest BCUT2D eigenvalue weighted by Gasteiger charge is -2.16. The van der Waals surface area contributed by atoms with Crippen LogP contribution in [0.2, 0.25) is 5.02 Å². The van der Waals surface area contributed by atoms with Crippen molar-refractivity contribution in [2.75, 3.05) is 13.1 Å². The second-order valence-corrected chi connectivity index (χ2v) is 6.76. The van der Waals surface area contributed by atoms with E-state index < -0.39 is 0 Å². The lowest BCUT2D eigenvalue weighted by atomic mass is 10.1. The number of hydrogen-bond donors (Lipinski definition) is 1. The Balaban J connectivity index is 1.48. The van der Waals surface area contributed by atoms with Crippen molar-refractivity contribution in [2.45, 2.75) is 19.4 Å². The van der Waals surface area contributed by atoms with E-state index in [1.54, 1.807) is 4.90 Å². The molecule has 1 saturated heterocycles. The summed E-state index contributed by atoms with van der Waals surface area (Å²) in [5, 5.41) is 3.63. The Morgan fingerprint density at radius 3 is 2.52 bits per heavy atom. The summed E-state index contributed by atoms with van der Waals surface area (Å²) in [5.74, 6) is -0.263. The van der Waals surface area contributed by atoms with Crippen LogP contribution in [0.25, 0.3) is 0 Å². The van der Waals surface area contributed by atoms with E-state index in [1.807, 2.05) is 54.6 Å². The monoisotopic (exact) mass is 356 g/mol. The van der Waals surface area contributed by atoms with Gasteiger partial charge in [0, 0.05) is 31.1 Å². The number of halogens is 1. The largest absolute Gasteiger partial charge is 0.352 e. The molecule has 2 aromatic rings. The van der Waals surface area contributed by atoms with E-state index in [0.29, 0.717) is 31.1 Å². The van der Waals surface area contributed by atoms with Gasteiger partial charge >= 0.3 is 0 Å². The smallest absolute Gasteiger partial charge is 0.225 e. The van der Waals surface area contributed by atoms with Gasteiger partial charge in [-0.05, 0) is 29.7 Å². The van der Waals surface area contributed by atoms with E-state index in [-0.39, 0.29) is 17.7 Å². The first-order chi connectivity index (χ1) is 12.1.